The number of carbonyl (C=O) groups excluding carboxylic acids is 1. The Morgan fingerprint density at radius 3 is 2.93 bits per heavy atom. The number of nitrogens with one attached hydrogen (secondary N) is 1. The Morgan fingerprint density at radius 2 is 2.33 bits per heavy atom. The molecule has 0 atom stereocenters. The minimum absolute atomic E-state index is 0.0808. The lowest BCUT2D eigenvalue weighted by atomic mass is 10.0. The van der Waals surface area contributed by atoms with Gasteiger partial charge in [0.05, 0.1) is 13.1 Å². The molecule has 0 unspecified atom stereocenters. The largest absolute Gasteiger partial charge is 0.299 e. The number of ketones is 1. The van der Waals surface area contributed by atoms with E-state index in [0.29, 0.717) is 17.7 Å². The number of Topliss-reactive ketones (excluding diaryl/α,β-unsaturated/α-hetero) is 1. The maximum Gasteiger partial charge on any atom is 0.176 e. The van der Waals surface area contributed by atoms with Crippen LogP contribution < -0.4 is 5.32 Å². The summed E-state index contributed by atoms with van der Waals surface area (Å²) in [6.45, 7) is 2.24. The van der Waals surface area contributed by atoms with Crippen LogP contribution in [0.5, 0.6) is 0 Å². The van der Waals surface area contributed by atoms with Gasteiger partial charge in [0, 0.05) is 5.56 Å². The quantitative estimate of drug-likeness (QED) is 0.459. The van der Waals surface area contributed by atoms with Gasteiger partial charge in [0.2, 0.25) is 0 Å². The molecular formula is C12H12FNO. The van der Waals surface area contributed by atoms with E-state index in [1.807, 2.05) is 0 Å². The van der Waals surface area contributed by atoms with Crippen molar-refractivity contribution >= 4 is 5.78 Å². The Hall–Kier alpha value is -1.66. The summed E-state index contributed by atoms with van der Waals surface area (Å²) in [6, 6.07) is 4.11. The predicted octanol–water partition coefficient (Wildman–Crippen LogP) is 1.54. The lowest BCUT2D eigenvalue weighted by molar-refractivity contribution is 0.0992. The maximum absolute atomic E-state index is 12.8. The summed E-state index contributed by atoms with van der Waals surface area (Å²) in [5, 5.41) is 2.80. The summed E-state index contributed by atoms with van der Waals surface area (Å²) in [7, 11) is 0. The van der Waals surface area contributed by atoms with Crippen molar-refractivity contribution in [3.8, 4) is 12.3 Å². The van der Waals surface area contributed by atoms with Gasteiger partial charge in [0.15, 0.2) is 5.78 Å². The first kappa shape index (κ1) is 11.4. The van der Waals surface area contributed by atoms with E-state index >= 15 is 0 Å². The van der Waals surface area contributed by atoms with Gasteiger partial charge in [0.25, 0.3) is 0 Å². The Morgan fingerprint density at radius 1 is 1.60 bits per heavy atom. The topological polar surface area (TPSA) is 29.1 Å². The van der Waals surface area contributed by atoms with Crippen molar-refractivity contribution in [2.45, 2.75) is 6.92 Å². The molecule has 1 rings (SSSR count). The lowest BCUT2D eigenvalue weighted by Gasteiger charge is -2.04. The molecule has 0 aromatic heterocycles. The van der Waals surface area contributed by atoms with Crippen LogP contribution in [0.1, 0.15) is 15.9 Å². The van der Waals surface area contributed by atoms with Gasteiger partial charge in [-0.25, -0.2) is 4.39 Å². The smallest absolute Gasteiger partial charge is 0.176 e. The molecule has 0 aliphatic heterocycles. The molecule has 3 heteroatoms. The van der Waals surface area contributed by atoms with Crippen LogP contribution in [-0.2, 0) is 0 Å². The molecule has 0 saturated heterocycles. The molecule has 0 spiro atoms. The predicted molar refractivity (Wildman–Crippen MR) is 57.2 cm³/mol. The summed E-state index contributed by atoms with van der Waals surface area (Å²) in [6.07, 6.45) is 5.03. The average molecular weight is 205 g/mol. The molecule has 0 aliphatic carbocycles. The van der Waals surface area contributed by atoms with Crippen molar-refractivity contribution in [3.63, 3.8) is 0 Å². The first-order valence-electron chi connectivity index (χ1n) is 4.58. The van der Waals surface area contributed by atoms with Gasteiger partial charge in [-0.3, -0.25) is 10.1 Å². The Kier molecular flexibility index (Phi) is 4.02. The molecule has 1 aromatic carbocycles. The van der Waals surface area contributed by atoms with Crippen LogP contribution in [0.2, 0.25) is 0 Å². The molecule has 15 heavy (non-hydrogen) atoms. The summed E-state index contributed by atoms with van der Waals surface area (Å²) < 4.78 is 12.8. The number of aryl methyl sites for hydroxylation is 1. The Balaban J connectivity index is 2.70. The second-order valence-electron chi connectivity index (χ2n) is 3.19. The fraction of sp³-hybridized carbons (Fsp3) is 0.250. The van der Waals surface area contributed by atoms with Crippen molar-refractivity contribution in [2.24, 2.45) is 0 Å². The molecule has 0 bridgehead atoms. The summed E-state index contributed by atoms with van der Waals surface area (Å²) >= 11 is 0. The molecule has 1 aromatic rings. The fourth-order valence-corrected chi connectivity index (χ4v) is 1.28. The molecule has 0 amide bonds. The van der Waals surface area contributed by atoms with E-state index < -0.39 is 0 Å². The van der Waals surface area contributed by atoms with Crippen LogP contribution in [0.3, 0.4) is 0 Å². The van der Waals surface area contributed by atoms with E-state index in [1.54, 1.807) is 6.92 Å². The van der Waals surface area contributed by atoms with E-state index in [2.05, 4.69) is 11.2 Å². The number of hydrogen-bond acceptors (Lipinski definition) is 2. The molecule has 0 heterocycles. The molecule has 2 nitrogen and oxygen atoms in total. The summed E-state index contributed by atoms with van der Waals surface area (Å²) in [5.74, 6) is 1.96. The third-order valence-electron chi connectivity index (χ3n) is 2.00. The highest BCUT2D eigenvalue weighted by molar-refractivity contribution is 5.98. The lowest BCUT2D eigenvalue weighted by Crippen LogP contribution is -2.23. The highest BCUT2D eigenvalue weighted by Gasteiger charge is 2.08. The monoisotopic (exact) mass is 205 g/mol. The third-order valence-corrected chi connectivity index (χ3v) is 2.00. The van der Waals surface area contributed by atoms with Crippen molar-refractivity contribution < 1.29 is 9.18 Å². The molecule has 78 valence electrons. The number of carbonyl (C=O) groups is 1. The van der Waals surface area contributed by atoms with Crippen molar-refractivity contribution in [2.75, 3.05) is 13.1 Å². The van der Waals surface area contributed by atoms with E-state index in [0.717, 1.165) is 0 Å². The SMILES string of the molecule is C#CCNCC(=O)c1ccc(F)cc1C. The molecule has 0 fully saturated rings. The van der Waals surface area contributed by atoms with E-state index in [9.17, 15) is 9.18 Å². The third kappa shape index (κ3) is 3.19. The first-order chi connectivity index (χ1) is 7.15. The highest BCUT2D eigenvalue weighted by Crippen LogP contribution is 2.10. The van der Waals surface area contributed by atoms with Crippen molar-refractivity contribution in [1.29, 1.82) is 0 Å². The van der Waals surface area contributed by atoms with Crippen molar-refractivity contribution in [3.05, 3.63) is 35.1 Å². The second-order valence-corrected chi connectivity index (χ2v) is 3.19. The van der Waals surface area contributed by atoms with Gasteiger partial charge >= 0.3 is 0 Å². The molecular weight excluding hydrogens is 193 g/mol. The zero-order chi connectivity index (χ0) is 11.3. The van der Waals surface area contributed by atoms with Crippen molar-refractivity contribution in [1.82, 2.24) is 5.32 Å². The van der Waals surface area contributed by atoms with E-state index in [1.165, 1.54) is 18.2 Å². The number of rotatable bonds is 4. The number of halogens is 1. The standard InChI is InChI=1S/C12H12FNO/c1-3-6-14-8-12(15)11-5-4-10(13)7-9(11)2/h1,4-5,7,14H,6,8H2,2H3. The summed E-state index contributed by atoms with van der Waals surface area (Å²) in [4.78, 5) is 11.6. The highest BCUT2D eigenvalue weighted by atomic mass is 19.1. The number of terminal acetylenes is 1. The van der Waals surface area contributed by atoms with Crippen LogP contribution >= 0.6 is 0 Å². The molecule has 1 N–H and O–H groups in total. The van der Waals surface area contributed by atoms with Gasteiger partial charge in [-0.05, 0) is 30.7 Å². The van der Waals surface area contributed by atoms with Crippen LogP contribution in [0, 0.1) is 25.1 Å². The molecule has 0 radical (unpaired) electrons. The molecule has 0 aliphatic rings. The minimum atomic E-state index is -0.333. The average Bonchev–Trinajstić information content (AvgIpc) is 2.17. The maximum atomic E-state index is 12.8. The summed E-state index contributed by atoms with van der Waals surface area (Å²) in [5.41, 5.74) is 1.17. The van der Waals surface area contributed by atoms with Crippen LogP contribution in [0.4, 0.5) is 4.39 Å². The molecule has 0 saturated carbocycles. The van der Waals surface area contributed by atoms with Gasteiger partial charge in [-0.15, -0.1) is 6.42 Å². The van der Waals surface area contributed by atoms with Gasteiger partial charge in [-0.2, -0.15) is 0 Å². The number of benzene rings is 1. The Labute approximate surface area is 88.5 Å². The first-order valence-corrected chi connectivity index (χ1v) is 4.58. The Bertz CT molecular complexity index is 407. The van der Waals surface area contributed by atoms with Crippen LogP contribution in [0.15, 0.2) is 18.2 Å². The number of hydrogen-bond donors (Lipinski definition) is 1. The normalized spacial score (nSPS) is 9.67. The van der Waals surface area contributed by atoms with E-state index in [4.69, 9.17) is 6.42 Å². The minimum Gasteiger partial charge on any atom is -0.299 e. The van der Waals surface area contributed by atoms with Crippen LogP contribution in [0.25, 0.3) is 0 Å². The second kappa shape index (κ2) is 5.28. The van der Waals surface area contributed by atoms with Gasteiger partial charge in [-0.1, -0.05) is 5.92 Å². The van der Waals surface area contributed by atoms with Gasteiger partial charge in [0.1, 0.15) is 5.82 Å². The van der Waals surface area contributed by atoms with E-state index in [-0.39, 0.29) is 18.1 Å². The fourth-order valence-electron chi connectivity index (χ4n) is 1.28. The van der Waals surface area contributed by atoms with Gasteiger partial charge < -0.3 is 0 Å². The zero-order valence-corrected chi connectivity index (χ0v) is 8.51. The zero-order valence-electron chi connectivity index (χ0n) is 8.51. The van der Waals surface area contributed by atoms with Crippen LogP contribution in [-0.4, -0.2) is 18.9 Å².